The molecule has 0 fully saturated rings. The quantitative estimate of drug-likeness (QED) is 0.589. The number of benzene rings is 1. The van der Waals surface area contributed by atoms with Crippen LogP contribution in [-0.2, 0) is 0 Å². The number of rotatable bonds is 1. The van der Waals surface area contributed by atoms with Gasteiger partial charge in [-0.2, -0.15) is 0 Å². The van der Waals surface area contributed by atoms with E-state index in [1.807, 2.05) is 0 Å². The highest BCUT2D eigenvalue weighted by molar-refractivity contribution is 7.80. The minimum Gasteiger partial charge on any atom is -0.422 e. The first-order chi connectivity index (χ1) is 7.08. The summed E-state index contributed by atoms with van der Waals surface area (Å²) in [5.41, 5.74) is 4.99. The predicted octanol–water partition coefficient (Wildman–Crippen LogP) is 1.57. The van der Waals surface area contributed by atoms with Gasteiger partial charge < -0.3 is 10.2 Å². The zero-order chi connectivity index (χ0) is 11.0. The average Bonchev–Trinajstić information content (AvgIpc) is 2.15. The maximum absolute atomic E-state index is 12.8. The molecule has 0 atom stereocenters. The van der Waals surface area contributed by atoms with E-state index in [0.29, 0.717) is 5.39 Å². The Hall–Kier alpha value is -1.75. The molecule has 2 N–H and O–H groups in total. The van der Waals surface area contributed by atoms with Crippen LogP contribution in [0.5, 0.6) is 0 Å². The number of hydrogen-bond acceptors (Lipinski definition) is 3. The lowest BCUT2D eigenvalue weighted by Crippen LogP contribution is -2.19. The number of thiocarbonyl (C=S) groups is 1. The number of hydrogen-bond donors (Lipinski definition) is 1. The van der Waals surface area contributed by atoms with E-state index in [4.69, 9.17) is 10.2 Å². The molecular weight excluding hydrogens is 217 g/mol. The molecule has 0 radical (unpaired) electrons. The van der Waals surface area contributed by atoms with Gasteiger partial charge in [0.2, 0.25) is 0 Å². The zero-order valence-corrected chi connectivity index (χ0v) is 8.31. The van der Waals surface area contributed by atoms with Crippen molar-refractivity contribution in [3.05, 3.63) is 46.1 Å². The van der Waals surface area contributed by atoms with E-state index in [0.717, 1.165) is 6.07 Å². The summed E-state index contributed by atoms with van der Waals surface area (Å²) < 4.78 is 17.7. The van der Waals surface area contributed by atoms with Crippen LogP contribution in [0.15, 0.2) is 33.5 Å². The molecular formula is C10H6FNO2S. The fourth-order valence-electron chi connectivity index (χ4n) is 1.26. The van der Waals surface area contributed by atoms with E-state index in [1.165, 1.54) is 18.2 Å². The van der Waals surface area contributed by atoms with Crippen LogP contribution < -0.4 is 11.4 Å². The fourth-order valence-corrected chi connectivity index (χ4v) is 1.40. The molecule has 0 unspecified atom stereocenters. The van der Waals surface area contributed by atoms with Gasteiger partial charge in [0.05, 0.1) is 5.56 Å². The van der Waals surface area contributed by atoms with E-state index >= 15 is 0 Å². The van der Waals surface area contributed by atoms with Crippen molar-refractivity contribution in [2.75, 3.05) is 0 Å². The molecule has 1 aromatic carbocycles. The van der Waals surface area contributed by atoms with Gasteiger partial charge in [0.1, 0.15) is 16.4 Å². The summed E-state index contributed by atoms with van der Waals surface area (Å²) in [6.07, 6.45) is 0. The highest BCUT2D eigenvalue weighted by Crippen LogP contribution is 2.14. The lowest BCUT2D eigenvalue weighted by Gasteiger charge is -1.99. The third kappa shape index (κ3) is 1.73. The first kappa shape index (κ1) is 9.79. The van der Waals surface area contributed by atoms with E-state index in [9.17, 15) is 9.18 Å². The Morgan fingerprint density at radius 1 is 1.40 bits per heavy atom. The first-order valence-corrected chi connectivity index (χ1v) is 4.52. The van der Waals surface area contributed by atoms with Crippen molar-refractivity contribution in [2.24, 2.45) is 5.73 Å². The second kappa shape index (κ2) is 3.43. The second-order valence-corrected chi connectivity index (χ2v) is 3.43. The Kier molecular flexibility index (Phi) is 2.24. The first-order valence-electron chi connectivity index (χ1n) is 4.11. The van der Waals surface area contributed by atoms with Gasteiger partial charge in [-0.05, 0) is 18.2 Å². The summed E-state index contributed by atoms with van der Waals surface area (Å²) in [5, 5.41) is 0.582. The van der Waals surface area contributed by atoms with Crippen molar-refractivity contribution < 1.29 is 8.81 Å². The van der Waals surface area contributed by atoms with Gasteiger partial charge in [-0.3, -0.25) is 0 Å². The van der Waals surface area contributed by atoms with Crippen LogP contribution in [0.4, 0.5) is 4.39 Å². The van der Waals surface area contributed by atoms with E-state index in [2.05, 4.69) is 12.2 Å². The molecule has 0 bridgehead atoms. The molecule has 2 aromatic rings. The number of nitrogens with two attached hydrogens (primary N) is 1. The largest absolute Gasteiger partial charge is 0.422 e. The van der Waals surface area contributed by atoms with Gasteiger partial charge in [-0.25, -0.2) is 9.18 Å². The van der Waals surface area contributed by atoms with Crippen LogP contribution in [0.25, 0.3) is 11.0 Å². The maximum atomic E-state index is 12.8. The summed E-state index contributed by atoms with van der Waals surface area (Å²) in [6, 6.07) is 5.39. The second-order valence-electron chi connectivity index (χ2n) is 2.99. The molecule has 2 rings (SSSR count). The van der Waals surface area contributed by atoms with Crippen LogP contribution in [0.3, 0.4) is 0 Å². The standard InChI is InChI=1S/C10H6FNO2S/c11-6-2-1-5-3-7(9(12)15)10(13)14-8(5)4-6/h1-4H,(H2,12,15). The summed E-state index contributed by atoms with van der Waals surface area (Å²) in [6.45, 7) is 0. The molecule has 3 nitrogen and oxygen atoms in total. The van der Waals surface area contributed by atoms with Crippen LogP contribution in [0.1, 0.15) is 5.56 Å². The third-order valence-electron chi connectivity index (χ3n) is 1.96. The smallest absolute Gasteiger partial charge is 0.346 e. The minimum atomic E-state index is -0.652. The van der Waals surface area contributed by atoms with Gasteiger partial charge in [0, 0.05) is 11.5 Å². The molecule has 0 amide bonds. The predicted molar refractivity (Wildman–Crippen MR) is 58.3 cm³/mol. The van der Waals surface area contributed by atoms with Crippen molar-refractivity contribution in [3.63, 3.8) is 0 Å². The number of halogens is 1. The molecule has 0 aliphatic heterocycles. The third-order valence-corrected chi connectivity index (χ3v) is 2.18. The van der Waals surface area contributed by atoms with E-state index in [-0.39, 0.29) is 16.1 Å². The average molecular weight is 223 g/mol. The van der Waals surface area contributed by atoms with Gasteiger partial charge in [0.25, 0.3) is 0 Å². The Balaban J connectivity index is 2.82. The molecule has 0 spiro atoms. The molecule has 1 aromatic heterocycles. The molecule has 5 heteroatoms. The highest BCUT2D eigenvalue weighted by Gasteiger charge is 2.07. The van der Waals surface area contributed by atoms with Crippen molar-refractivity contribution in [1.29, 1.82) is 0 Å². The molecule has 0 saturated heterocycles. The summed E-state index contributed by atoms with van der Waals surface area (Å²) in [7, 11) is 0. The molecule has 0 saturated carbocycles. The van der Waals surface area contributed by atoms with Crippen molar-refractivity contribution in [2.45, 2.75) is 0 Å². The summed E-state index contributed by atoms with van der Waals surface area (Å²) in [5.74, 6) is -0.464. The van der Waals surface area contributed by atoms with Gasteiger partial charge in [-0.15, -0.1) is 0 Å². The summed E-state index contributed by atoms with van der Waals surface area (Å²) in [4.78, 5) is 11.3. The lowest BCUT2D eigenvalue weighted by molar-refractivity contribution is 0.553. The van der Waals surface area contributed by atoms with Crippen molar-refractivity contribution in [3.8, 4) is 0 Å². The molecule has 0 aliphatic rings. The molecule has 15 heavy (non-hydrogen) atoms. The maximum Gasteiger partial charge on any atom is 0.346 e. The van der Waals surface area contributed by atoms with Crippen LogP contribution in [0.2, 0.25) is 0 Å². The highest BCUT2D eigenvalue weighted by atomic mass is 32.1. The van der Waals surface area contributed by atoms with Crippen LogP contribution in [0, 0.1) is 5.82 Å². The molecule has 1 heterocycles. The Morgan fingerprint density at radius 2 is 2.13 bits per heavy atom. The monoisotopic (exact) mass is 223 g/mol. The van der Waals surface area contributed by atoms with E-state index in [1.54, 1.807) is 0 Å². The van der Waals surface area contributed by atoms with Crippen molar-refractivity contribution >= 4 is 28.2 Å². The van der Waals surface area contributed by atoms with Gasteiger partial charge in [-0.1, -0.05) is 12.2 Å². The SMILES string of the molecule is NC(=S)c1cc2ccc(F)cc2oc1=O. The Labute approximate surface area is 89.3 Å². The zero-order valence-electron chi connectivity index (χ0n) is 7.49. The van der Waals surface area contributed by atoms with Crippen LogP contribution in [-0.4, -0.2) is 4.99 Å². The normalized spacial score (nSPS) is 10.5. The van der Waals surface area contributed by atoms with Crippen molar-refractivity contribution in [1.82, 2.24) is 0 Å². The minimum absolute atomic E-state index is 0.0324. The summed E-state index contributed by atoms with van der Waals surface area (Å²) >= 11 is 4.68. The van der Waals surface area contributed by atoms with Gasteiger partial charge >= 0.3 is 5.63 Å². The molecule has 76 valence electrons. The Bertz CT molecular complexity index is 606. The van der Waals surface area contributed by atoms with Crippen LogP contribution >= 0.6 is 12.2 Å². The lowest BCUT2D eigenvalue weighted by atomic mass is 10.2. The fraction of sp³-hybridized carbons (Fsp3) is 0. The Morgan fingerprint density at radius 3 is 2.80 bits per heavy atom. The van der Waals surface area contributed by atoms with Gasteiger partial charge in [0.15, 0.2) is 0 Å². The van der Waals surface area contributed by atoms with E-state index < -0.39 is 11.4 Å². The molecule has 0 aliphatic carbocycles. The number of fused-ring (bicyclic) bond motifs is 1. The topological polar surface area (TPSA) is 56.2 Å².